The number of hydrogen-bond donors (Lipinski definition) is 2. The fourth-order valence-corrected chi connectivity index (χ4v) is 4.33. The monoisotopic (exact) mass is 458 g/mol. The Hall–Kier alpha value is -3.40. The van der Waals surface area contributed by atoms with Crippen LogP contribution in [0, 0.1) is 13.8 Å². The van der Waals surface area contributed by atoms with Gasteiger partial charge in [0, 0.05) is 31.0 Å². The van der Waals surface area contributed by atoms with Gasteiger partial charge in [-0.3, -0.25) is 19.1 Å². The van der Waals surface area contributed by atoms with Gasteiger partial charge in [0.15, 0.2) is 0 Å². The minimum Gasteiger partial charge on any atom is -0.333 e. The van der Waals surface area contributed by atoms with Crippen molar-refractivity contribution in [3.8, 4) is 0 Å². The summed E-state index contributed by atoms with van der Waals surface area (Å²) in [7, 11) is -3.79. The number of aryl methyl sites for hydroxylation is 2. The largest absolute Gasteiger partial charge is 0.333 e. The van der Waals surface area contributed by atoms with E-state index in [1.165, 1.54) is 34.1 Å². The maximum absolute atomic E-state index is 12.6. The molecule has 1 saturated heterocycles. The summed E-state index contributed by atoms with van der Waals surface area (Å²) in [6.07, 6.45) is 0. The summed E-state index contributed by atoms with van der Waals surface area (Å²) >= 11 is 0. The quantitative estimate of drug-likeness (QED) is 0.613. The first-order valence-electron chi connectivity index (χ1n) is 10.2. The molecule has 1 fully saturated rings. The highest BCUT2D eigenvalue weighted by molar-refractivity contribution is 7.92. The Labute approximate surface area is 187 Å². The van der Waals surface area contributed by atoms with Gasteiger partial charge in [0.1, 0.15) is 6.54 Å². The molecule has 10 heteroatoms. The Bertz CT molecular complexity index is 1150. The first-order valence-corrected chi connectivity index (χ1v) is 11.7. The van der Waals surface area contributed by atoms with E-state index in [1.807, 2.05) is 19.9 Å². The van der Waals surface area contributed by atoms with Gasteiger partial charge in [-0.1, -0.05) is 6.07 Å². The van der Waals surface area contributed by atoms with Gasteiger partial charge in [-0.2, -0.15) is 0 Å². The van der Waals surface area contributed by atoms with Gasteiger partial charge in [-0.05, 0) is 68.3 Å². The van der Waals surface area contributed by atoms with E-state index in [-0.39, 0.29) is 18.0 Å². The number of nitrogens with one attached hydrogen (secondary N) is 2. The Morgan fingerprint density at radius 2 is 1.50 bits per heavy atom. The highest BCUT2D eigenvalue weighted by atomic mass is 32.2. The van der Waals surface area contributed by atoms with Crippen LogP contribution in [0.5, 0.6) is 0 Å². The molecule has 0 bridgehead atoms. The molecule has 3 amide bonds. The topological polar surface area (TPSA) is 116 Å². The van der Waals surface area contributed by atoms with E-state index in [9.17, 15) is 22.8 Å². The lowest BCUT2D eigenvalue weighted by molar-refractivity contribution is -0.156. The number of likely N-dealkylation sites (N-methyl/N-ethyl adjacent to an activating group) is 1. The Morgan fingerprint density at radius 3 is 2.12 bits per heavy atom. The highest BCUT2D eigenvalue weighted by Gasteiger charge is 2.32. The van der Waals surface area contributed by atoms with Crippen LogP contribution in [0.1, 0.15) is 18.1 Å². The number of amides is 3. The molecule has 2 aromatic rings. The summed E-state index contributed by atoms with van der Waals surface area (Å²) in [4.78, 5) is 39.0. The molecule has 0 spiro atoms. The van der Waals surface area contributed by atoms with E-state index >= 15 is 0 Å². The van der Waals surface area contributed by atoms with Crippen LogP contribution in [-0.4, -0.2) is 62.1 Å². The molecule has 3 rings (SSSR count). The molecule has 2 aromatic carbocycles. The lowest BCUT2D eigenvalue weighted by Gasteiger charge is -2.32. The molecular weight excluding hydrogens is 432 g/mol. The fraction of sp³-hybridized carbons (Fsp3) is 0.318. The SMILES string of the molecule is CCN1CCN(CC(=O)Nc2ccc(S(=O)(=O)Nc3ccc(C)c(C)c3)cc2)C(=O)C1=O. The normalized spacial score (nSPS) is 14.5. The van der Waals surface area contributed by atoms with Gasteiger partial charge in [-0.15, -0.1) is 0 Å². The minimum atomic E-state index is -3.79. The standard InChI is InChI=1S/C22H26N4O5S/c1-4-25-11-12-26(22(29)21(25)28)14-20(27)23-17-7-9-19(10-8-17)32(30,31)24-18-6-5-15(2)16(3)13-18/h5-10,13,24H,4,11-12,14H2,1-3H3,(H,23,27). The van der Waals surface area contributed by atoms with Crippen LogP contribution in [0.25, 0.3) is 0 Å². The molecule has 0 unspecified atom stereocenters. The van der Waals surface area contributed by atoms with Crippen LogP contribution < -0.4 is 10.0 Å². The van der Waals surface area contributed by atoms with Crippen molar-refractivity contribution in [2.24, 2.45) is 0 Å². The summed E-state index contributed by atoms with van der Waals surface area (Å²) in [5, 5.41) is 2.62. The van der Waals surface area contributed by atoms with E-state index in [2.05, 4.69) is 10.0 Å². The zero-order valence-electron chi connectivity index (χ0n) is 18.2. The Morgan fingerprint density at radius 1 is 0.906 bits per heavy atom. The fourth-order valence-electron chi connectivity index (χ4n) is 3.28. The molecule has 0 atom stereocenters. The van der Waals surface area contributed by atoms with Crippen LogP contribution in [0.2, 0.25) is 0 Å². The lowest BCUT2D eigenvalue weighted by Crippen LogP contribution is -2.55. The number of sulfonamides is 1. The third kappa shape index (κ3) is 5.25. The van der Waals surface area contributed by atoms with Gasteiger partial charge in [0.25, 0.3) is 10.0 Å². The Balaban J connectivity index is 1.61. The predicted molar refractivity (Wildman–Crippen MR) is 121 cm³/mol. The zero-order valence-corrected chi connectivity index (χ0v) is 19.0. The van der Waals surface area contributed by atoms with Gasteiger partial charge in [-0.25, -0.2) is 8.42 Å². The lowest BCUT2D eigenvalue weighted by atomic mass is 10.1. The number of carbonyl (C=O) groups is 3. The van der Waals surface area contributed by atoms with E-state index in [4.69, 9.17) is 0 Å². The smallest absolute Gasteiger partial charge is 0.312 e. The highest BCUT2D eigenvalue weighted by Crippen LogP contribution is 2.20. The van der Waals surface area contributed by atoms with E-state index < -0.39 is 27.7 Å². The van der Waals surface area contributed by atoms with Crippen molar-refractivity contribution in [1.29, 1.82) is 0 Å². The maximum atomic E-state index is 12.6. The average molecular weight is 459 g/mol. The van der Waals surface area contributed by atoms with Crippen LogP contribution >= 0.6 is 0 Å². The molecule has 170 valence electrons. The summed E-state index contributed by atoms with van der Waals surface area (Å²) in [5.74, 6) is -1.79. The number of piperazine rings is 1. The number of carbonyl (C=O) groups excluding carboxylic acids is 3. The first kappa shape index (κ1) is 23.3. The summed E-state index contributed by atoms with van der Waals surface area (Å²) in [6, 6.07) is 11.0. The molecular formula is C22H26N4O5S. The van der Waals surface area contributed by atoms with Gasteiger partial charge >= 0.3 is 11.8 Å². The molecule has 0 saturated carbocycles. The van der Waals surface area contributed by atoms with Crippen molar-refractivity contribution in [1.82, 2.24) is 9.80 Å². The number of rotatable bonds is 7. The maximum Gasteiger partial charge on any atom is 0.312 e. The molecule has 9 nitrogen and oxygen atoms in total. The van der Waals surface area contributed by atoms with Gasteiger partial charge < -0.3 is 15.1 Å². The van der Waals surface area contributed by atoms with Crippen LogP contribution in [0.4, 0.5) is 11.4 Å². The molecule has 2 N–H and O–H groups in total. The van der Waals surface area contributed by atoms with Crippen LogP contribution in [0.15, 0.2) is 47.4 Å². The van der Waals surface area contributed by atoms with E-state index in [0.717, 1.165) is 11.1 Å². The predicted octanol–water partition coefficient (Wildman–Crippen LogP) is 1.73. The molecule has 0 aromatic heterocycles. The zero-order chi connectivity index (χ0) is 23.5. The van der Waals surface area contributed by atoms with Gasteiger partial charge in [0.05, 0.1) is 4.90 Å². The van der Waals surface area contributed by atoms with Crippen LogP contribution in [0.3, 0.4) is 0 Å². The van der Waals surface area contributed by atoms with Crippen LogP contribution in [-0.2, 0) is 24.4 Å². The number of benzene rings is 2. The van der Waals surface area contributed by atoms with Crippen molar-refractivity contribution < 1.29 is 22.8 Å². The number of anilines is 2. The summed E-state index contributed by atoms with van der Waals surface area (Å²) in [5.41, 5.74) is 2.88. The van der Waals surface area contributed by atoms with Crippen molar-refractivity contribution in [3.63, 3.8) is 0 Å². The van der Waals surface area contributed by atoms with E-state index in [0.29, 0.717) is 24.5 Å². The minimum absolute atomic E-state index is 0.0465. The van der Waals surface area contributed by atoms with Crippen molar-refractivity contribution in [2.75, 3.05) is 36.2 Å². The Kier molecular flexibility index (Phi) is 6.83. The van der Waals surface area contributed by atoms with Crippen molar-refractivity contribution in [3.05, 3.63) is 53.6 Å². The van der Waals surface area contributed by atoms with Crippen molar-refractivity contribution in [2.45, 2.75) is 25.7 Å². The first-order chi connectivity index (χ1) is 15.1. The molecule has 0 aliphatic carbocycles. The summed E-state index contributed by atoms with van der Waals surface area (Å²) in [6.45, 7) is 6.49. The molecule has 1 aliphatic rings. The van der Waals surface area contributed by atoms with Gasteiger partial charge in [0.2, 0.25) is 5.91 Å². The molecule has 32 heavy (non-hydrogen) atoms. The van der Waals surface area contributed by atoms with Crippen molar-refractivity contribution >= 4 is 39.1 Å². The van der Waals surface area contributed by atoms with E-state index in [1.54, 1.807) is 19.1 Å². The molecule has 1 aliphatic heterocycles. The molecule has 1 heterocycles. The summed E-state index contributed by atoms with van der Waals surface area (Å²) < 4.78 is 27.8. The third-order valence-corrected chi connectivity index (χ3v) is 6.72. The molecule has 0 radical (unpaired) electrons. The average Bonchev–Trinajstić information content (AvgIpc) is 2.74. The number of nitrogens with zero attached hydrogens (tertiary/aromatic N) is 2. The third-order valence-electron chi connectivity index (χ3n) is 5.32. The second kappa shape index (κ2) is 9.39. The second-order valence-corrected chi connectivity index (χ2v) is 9.27. The number of hydrogen-bond acceptors (Lipinski definition) is 5. The second-order valence-electron chi connectivity index (χ2n) is 7.59.